The average Bonchev–Trinajstić information content (AvgIpc) is 2.54. The smallest absolute Gasteiger partial charge is 0.182 e. The highest BCUT2D eigenvalue weighted by molar-refractivity contribution is 6.00. The number of aryl methyl sites for hydroxylation is 2. The number of fused-ring (bicyclic) bond motifs is 1. The number of rotatable bonds is 4. The van der Waals surface area contributed by atoms with Crippen LogP contribution >= 0.6 is 0 Å². The van der Waals surface area contributed by atoms with Gasteiger partial charge in [-0.3, -0.25) is 4.79 Å². The van der Waals surface area contributed by atoms with Crippen LogP contribution in [0.4, 0.5) is 11.4 Å². The largest absolute Gasteiger partial charge is 0.377 e. The molecule has 1 aliphatic rings. The van der Waals surface area contributed by atoms with Crippen molar-refractivity contribution in [1.29, 1.82) is 0 Å². The van der Waals surface area contributed by atoms with E-state index in [2.05, 4.69) is 41.0 Å². The first-order valence-electron chi connectivity index (χ1n) is 8.20. The van der Waals surface area contributed by atoms with E-state index < -0.39 is 0 Å². The SMILES string of the molecule is Cc1cc(C(=O)CN2CCCc3ccccc32)ccc1N(C)C. The Labute approximate surface area is 138 Å². The van der Waals surface area contributed by atoms with E-state index in [1.54, 1.807) is 0 Å². The summed E-state index contributed by atoms with van der Waals surface area (Å²) in [5.41, 5.74) is 5.67. The van der Waals surface area contributed by atoms with Crippen LogP contribution in [-0.2, 0) is 6.42 Å². The first kappa shape index (κ1) is 15.6. The Morgan fingerprint density at radius 2 is 1.96 bits per heavy atom. The van der Waals surface area contributed by atoms with Crippen LogP contribution in [0.2, 0.25) is 0 Å². The van der Waals surface area contributed by atoms with E-state index in [1.165, 1.54) is 11.3 Å². The number of anilines is 2. The molecule has 1 heterocycles. The van der Waals surface area contributed by atoms with Crippen LogP contribution in [0.15, 0.2) is 42.5 Å². The third-order valence-electron chi connectivity index (χ3n) is 4.54. The number of hydrogen-bond acceptors (Lipinski definition) is 3. The lowest BCUT2D eigenvalue weighted by Gasteiger charge is -2.30. The first-order valence-corrected chi connectivity index (χ1v) is 8.20. The standard InChI is InChI=1S/C20H24N2O/c1-15-13-17(10-11-18(15)21(2)3)20(23)14-22-12-6-8-16-7-4-5-9-19(16)22/h4-5,7,9-11,13H,6,8,12,14H2,1-3H3. The van der Waals surface area contributed by atoms with E-state index in [-0.39, 0.29) is 5.78 Å². The third kappa shape index (κ3) is 3.24. The summed E-state index contributed by atoms with van der Waals surface area (Å²) in [6, 6.07) is 14.4. The molecule has 0 radical (unpaired) electrons. The Bertz CT molecular complexity index is 721. The van der Waals surface area contributed by atoms with Gasteiger partial charge < -0.3 is 9.80 Å². The summed E-state index contributed by atoms with van der Waals surface area (Å²) >= 11 is 0. The molecule has 2 aromatic carbocycles. The van der Waals surface area contributed by atoms with E-state index in [4.69, 9.17) is 0 Å². The molecule has 0 spiro atoms. The lowest BCUT2D eigenvalue weighted by Crippen LogP contribution is -2.34. The molecule has 0 aromatic heterocycles. The Hall–Kier alpha value is -2.29. The van der Waals surface area contributed by atoms with Gasteiger partial charge in [0.2, 0.25) is 0 Å². The van der Waals surface area contributed by atoms with Gasteiger partial charge in [-0.1, -0.05) is 18.2 Å². The molecule has 0 unspecified atom stereocenters. The molecule has 0 saturated heterocycles. The summed E-state index contributed by atoms with van der Waals surface area (Å²) in [4.78, 5) is 17.0. The van der Waals surface area contributed by atoms with Crippen LogP contribution in [0.25, 0.3) is 0 Å². The monoisotopic (exact) mass is 308 g/mol. The molecule has 120 valence electrons. The number of para-hydroxylation sites is 1. The molecular weight excluding hydrogens is 284 g/mol. The van der Waals surface area contributed by atoms with Crippen molar-refractivity contribution in [3.63, 3.8) is 0 Å². The van der Waals surface area contributed by atoms with Crippen molar-refractivity contribution in [3.05, 3.63) is 59.2 Å². The number of nitrogens with zero attached hydrogens (tertiary/aromatic N) is 2. The molecule has 0 aliphatic carbocycles. The maximum absolute atomic E-state index is 12.7. The van der Waals surface area contributed by atoms with Crippen molar-refractivity contribution in [1.82, 2.24) is 0 Å². The molecule has 3 rings (SSSR count). The number of carbonyl (C=O) groups is 1. The van der Waals surface area contributed by atoms with Gasteiger partial charge in [0, 0.05) is 37.6 Å². The Morgan fingerprint density at radius 1 is 1.17 bits per heavy atom. The predicted octanol–water partition coefficient (Wildman–Crippen LogP) is 3.70. The molecule has 0 fully saturated rings. The van der Waals surface area contributed by atoms with E-state index in [9.17, 15) is 4.79 Å². The van der Waals surface area contributed by atoms with Gasteiger partial charge in [0.25, 0.3) is 0 Å². The highest BCUT2D eigenvalue weighted by atomic mass is 16.1. The van der Waals surface area contributed by atoms with Gasteiger partial charge in [0.15, 0.2) is 5.78 Å². The van der Waals surface area contributed by atoms with Crippen molar-refractivity contribution in [3.8, 4) is 0 Å². The summed E-state index contributed by atoms with van der Waals surface area (Å²) < 4.78 is 0. The summed E-state index contributed by atoms with van der Waals surface area (Å²) in [5.74, 6) is 0.190. The van der Waals surface area contributed by atoms with E-state index in [0.717, 1.165) is 36.2 Å². The molecule has 0 amide bonds. The second kappa shape index (κ2) is 6.45. The zero-order valence-electron chi connectivity index (χ0n) is 14.2. The predicted molar refractivity (Wildman–Crippen MR) is 96.8 cm³/mol. The summed E-state index contributed by atoms with van der Waals surface area (Å²) in [6.45, 7) is 3.47. The van der Waals surface area contributed by atoms with Gasteiger partial charge in [-0.05, 0) is 55.2 Å². The zero-order chi connectivity index (χ0) is 16.4. The van der Waals surface area contributed by atoms with Crippen LogP contribution in [0, 0.1) is 6.92 Å². The molecule has 0 atom stereocenters. The number of hydrogen-bond donors (Lipinski definition) is 0. The quantitative estimate of drug-likeness (QED) is 0.805. The number of benzene rings is 2. The molecule has 2 aromatic rings. The second-order valence-corrected chi connectivity index (χ2v) is 6.47. The fourth-order valence-corrected chi connectivity index (χ4v) is 3.37. The molecule has 23 heavy (non-hydrogen) atoms. The van der Waals surface area contributed by atoms with Crippen LogP contribution in [0.5, 0.6) is 0 Å². The fraction of sp³-hybridized carbons (Fsp3) is 0.350. The van der Waals surface area contributed by atoms with E-state index >= 15 is 0 Å². The average molecular weight is 308 g/mol. The van der Waals surface area contributed by atoms with Crippen molar-refractivity contribution in [2.24, 2.45) is 0 Å². The minimum absolute atomic E-state index is 0.190. The summed E-state index contributed by atoms with van der Waals surface area (Å²) in [6.07, 6.45) is 2.22. The van der Waals surface area contributed by atoms with Crippen molar-refractivity contribution in [2.75, 3.05) is 37.0 Å². The fourth-order valence-electron chi connectivity index (χ4n) is 3.37. The molecule has 0 saturated carbocycles. The molecule has 0 N–H and O–H groups in total. The van der Waals surface area contributed by atoms with Crippen LogP contribution in [-0.4, -0.2) is 33.0 Å². The highest BCUT2D eigenvalue weighted by Gasteiger charge is 2.19. The van der Waals surface area contributed by atoms with Crippen LogP contribution in [0.1, 0.15) is 27.9 Å². The normalized spacial score (nSPS) is 13.6. The minimum atomic E-state index is 0.190. The number of ketones is 1. The second-order valence-electron chi connectivity index (χ2n) is 6.47. The van der Waals surface area contributed by atoms with Gasteiger partial charge in [0.1, 0.15) is 0 Å². The topological polar surface area (TPSA) is 23.6 Å². The molecule has 3 nitrogen and oxygen atoms in total. The maximum atomic E-state index is 12.7. The Kier molecular flexibility index (Phi) is 4.37. The minimum Gasteiger partial charge on any atom is -0.377 e. The molecular formula is C20H24N2O. The maximum Gasteiger partial charge on any atom is 0.182 e. The van der Waals surface area contributed by atoms with Gasteiger partial charge in [-0.2, -0.15) is 0 Å². The van der Waals surface area contributed by atoms with Gasteiger partial charge >= 0.3 is 0 Å². The molecule has 0 bridgehead atoms. The first-order chi connectivity index (χ1) is 11.1. The Balaban J connectivity index is 1.79. The molecule has 3 heteroatoms. The van der Waals surface area contributed by atoms with Crippen molar-refractivity contribution in [2.45, 2.75) is 19.8 Å². The summed E-state index contributed by atoms with van der Waals surface area (Å²) in [7, 11) is 4.04. The van der Waals surface area contributed by atoms with Gasteiger partial charge in [0.05, 0.1) is 6.54 Å². The zero-order valence-corrected chi connectivity index (χ0v) is 14.2. The van der Waals surface area contributed by atoms with Crippen LogP contribution in [0.3, 0.4) is 0 Å². The number of Topliss-reactive ketones (excluding diaryl/α,β-unsaturated/α-hetero) is 1. The number of carbonyl (C=O) groups excluding carboxylic acids is 1. The van der Waals surface area contributed by atoms with Gasteiger partial charge in [-0.25, -0.2) is 0 Å². The third-order valence-corrected chi connectivity index (χ3v) is 4.54. The lowest BCUT2D eigenvalue weighted by atomic mass is 10.0. The van der Waals surface area contributed by atoms with E-state index in [0.29, 0.717) is 6.54 Å². The summed E-state index contributed by atoms with van der Waals surface area (Å²) in [5, 5.41) is 0. The van der Waals surface area contributed by atoms with Crippen LogP contribution < -0.4 is 9.80 Å². The van der Waals surface area contributed by atoms with Crippen molar-refractivity contribution < 1.29 is 4.79 Å². The lowest BCUT2D eigenvalue weighted by molar-refractivity contribution is 0.0998. The Morgan fingerprint density at radius 3 is 2.70 bits per heavy atom. The van der Waals surface area contributed by atoms with Crippen molar-refractivity contribution >= 4 is 17.2 Å². The molecule has 1 aliphatic heterocycles. The van der Waals surface area contributed by atoms with Gasteiger partial charge in [-0.15, -0.1) is 0 Å². The highest BCUT2D eigenvalue weighted by Crippen LogP contribution is 2.27. The van der Waals surface area contributed by atoms with E-state index in [1.807, 2.05) is 32.3 Å².